The summed E-state index contributed by atoms with van der Waals surface area (Å²) < 4.78 is 25.8. The highest BCUT2D eigenvalue weighted by Gasteiger charge is 2.24. The molecular weight excluding hydrogens is 254 g/mol. The van der Waals surface area contributed by atoms with Gasteiger partial charge in [0.15, 0.2) is 11.6 Å². The third-order valence-electron chi connectivity index (χ3n) is 2.99. The zero-order valence-corrected chi connectivity index (χ0v) is 10.7. The quantitative estimate of drug-likeness (QED) is 0.853. The summed E-state index contributed by atoms with van der Waals surface area (Å²) in [6.07, 6.45) is 0.645. The number of primary amides is 1. The van der Waals surface area contributed by atoms with Gasteiger partial charge in [-0.05, 0) is 24.1 Å². The van der Waals surface area contributed by atoms with Crippen LogP contribution in [0.2, 0.25) is 0 Å². The Kier molecular flexibility index (Phi) is 4.97. The molecule has 0 fully saturated rings. The van der Waals surface area contributed by atoms with E-state index in [4.69, 9.17) is 5.73 Å². The molecule has 1 aromatic rings. The van der Waals surface area contributed by atoms with Crippen LogP contribution in [0.1, 0.15) is 30.6 Å². The molecule has 0 heterocycles. The van der Waals surface area contributed by atoms with Gasteiger partial charge in [-0.2, -0.15) is 0 Å². The number of halogens is 2. The van der Waals surface area contributed by atoms with Gasteiger partial charge in [0.1, 0.15) is 6.04 Å². The van der Waals surface area contributed by atoms with Gasteiger partial charge in [-0.1, -0.05) is 20.3 Å². The van der Waals surface area contributed by atoms with Crippen molar-refractivity contribution < 1.29 is 18.4 Å². The first-order chi connectivity index (χ1) is 8.86. The third-order valence-corrected chi connectivity index (χ3v) is 2.99. The monoisotopic (exact) mass is 270 g/mol. The van der Waals surface area contributed by atoms with Crippen molar-refractivity contribution in [2.45, 2.75) is 26.3 Å². The van der Waals surface area contributed by atoms with Crippen molar-refractivity contribution in [3.8, 4) is 0 Å². The van der Waals surface area contributed by atoms with E-state index < -0.39 is 29.5 Å². The molecule has 0 radical (unpaired) electrons. The van der Waals surface area contributed by atoms with Crippen LogP contribution in [0.5, 0.6) is 0 Å². The molecule has 0 aliphatic heterocycles. The van der Waals surface area contributed by atoms with Gasteiger partial charge in [0.05, 0.1) is 0 Å². The Morgan fingerprint density at radius 3 is 2.42 bits per heavy atom. The van der Waals surface area contributed by atoms with E-state index >= 15 is 0 Å². The highest BCUT2D eigenvalue weighted by molar-refractivity contribution is 5.97. The molecule has 19 heavy (non-hydrogen) atoms. The van der Waals surface area contributed by atoms with Crippen molar-refractivity contribution in [1.29, 1.82) is 0 Å². The second kappa shape index (κ2) is 6.26. The van der Waals surface area contributed by atoms with Crippen LogP contribution in [-0.4, -0.2) is 17.9 Å². The zero-order valence-electron chi connectivity index (χ0n) is 10.7. The Balaban J connectivity index is 2.87. The second-order valence-corrected chi connectivity index (χ2v) is 4.37. The number of amides is 2. The molecule has 0 bridgehead atoms. The van der Waals surface area contributed by atoms with E-state index in [9.17, 15) is 18.4 Å². The Bertz CT molecular complexity index is 492. The summed E-state index contributed by atoms with van der Waals surface area (Å²) in [5, 5.41) is 2.43. The van der Waals surface area contributed by atoms with E-state index in [1.165, 1.54) is 0 Å². The number of nitrogens with two attached hydrogens (primary N) is 1. The molecule has 3 N–H and O–H groups in total. The van der Waals surface area contributed by atoms with Gasteiger partial charge in [-0.3, -0.25) is 9.59 Å². The summed E-state index contributed by atoms with van der Waals surface area (Å²) in [6, 6.07) is 1.93. The molecule has 0 spiro atoms. The predicted octanol–water partition coefficient (Wildman–Crippen LogP) is 1.59. The number of rotatable bonds is 5. The fraction of sp³-hybridized carbons (Fsp3) is 0.385. The van der Waals surface area contributed by atoms with Crippen LogP contribution in [0.25, 0.3) is 0 Å². The maximum absolute atomic E-state index is 13.0. The Hall–Kier alpha value is -1.98. The SMILES string of the molecule is CC[C@@H](C)[C@H](NC(=O)c1ccc(F)c(F)c1)C(N)=O. The first kappa shape index (κ1) is 15.1. The van der Waals surface area contributed by atoms with Gasteiger partial charge in [0.2, 0.25) is 5.91 Å². The Labute approximate surface area is 110 Å². The van der Waals surface area contributed by atoms with Crippen molar-refractivity contribution in [3.05, 3.63) is 35.4 Å². The summed E-state index contributed by atoms with van der Waals surface area (Å²) in [5.74, 6) is -3.63. The predicted molar refractivity (Wildman–Crippen MR) is 66.3 cm³/mol. The largest absolute Gasteiger partial charge is 0.368 e. The van der Waals surface area contributed by atoms with Crippen molar-refractivity contribution in [1.82, 2.24) is 5.32 Å². The summed E-state index contributed by atoms with van der Waals surface area (Å²) in [5.41, 5.74) is 5.14. The minimum Gasteiger partial charge on any atom is -0.368 e. The second-order valence-electron chi connectivity index (χ2n) is 4.37. The summed E-state index contributed by atoms with van der Waals surface area (Å²) >= 11 is 0. The van der Waals surface area contributed by atoms with Gasteiger partial charge in [-0.25, -0.2) is 8.78 Å². The molecule has 2 atom stereocenters. The highest BCUT2D eigenvalue weighted by Crippen LogP contribution is 2.11. The lowest BCUT2D eigenvalue weighted by atomic mass is 9.98. The molecule has 0 aliphatic rings. The molecule has 1 aromatic carbocycles. The summed E-state index contributed by atoms with van der Waals surface area (Å²) in [7, 11) is 0. The topological polar surface area (TPSA) is 72.2 Å². The van der Waals surface area contributed by atoms with Gasteiger partial charge >= 0.3 is 0 Å². The van der Waals surface area contributed by atoms with E-state index in [-0.39, 0.29) is 11.5 Å². The molecule has 2 amide bonds. The van der Waals surface area contributed by atoms with E-state index in [0.29, 0.717) is 6.42 Å². The maximum atomic E-state index is 13.0. The summed E-state index contributed by atoms with van der Waals surface area (Å²) in [6.45, 7) is 3.62. The fourth-order valence-corrected chi connectivity index (χ4v) is 1.59. The minimum atomic E-state index is -1.12. The average Bonchev–Trinajstić information content (AvgIpc) is 2.37. The van der Waals surface area contributed by atoms with Gasteiger partial charge in [-0.15, -0.1) is 0 Å². The molecule has 104 valence electrons. The van der Waals surface area contributed by atoms with Crippen LogP contribution >= 0.6 is 0 Å². The van der Waals surface area contributed by atoms with Crippen LogP contribution in [-0.2, 0) is 4.79 Å². The van der Waals surface area contributed by atoms with Gasteiger partial charge in [0, 0.05) is 5.56 Å². The van der Waals surface area contributed by atoms with Crippen LogP contribution in [0, 0.1) is 17.6 Å². The lowest BCUT2D eigenvalue weighted by Gasteiger charge is -2.21. The van der Waals surface area contributed by atoms with Crippen molar-refractivity contribution in [3.63, 3.8) is 0 Å². The number of nitrogens with one attached hydrogen (secondary N) is 1. The Morgan fingerprint density at radius 2 is 1.95 bits per heavy atom. The molecule has 6 heteroatoms. The third kappa shape index (κ3) is 3.74. The van der Waals surface area contributed by atoms with Crippen LogP contribution in [0.15, 0.2) is 18.2 Å². The highest BCUT2D eigenvalue weighted by atomic mass is 19.2. The Morgan fingerprint density at radius 1 is 1.32 bits per heavy atom. The molecule has 0 unspecified atom stereocenters. The standard InChI is InChI=1S/C13H16F2N2O2/c1-3-7(2)11(12(16)18)17-13(19)8-4-5-9(14)10(15)6-8/h4-7,11H,3H2,1-2H3,(H2,16,18)(H,17,19)/t7-,11+/m1/s1. The van der Waals surface area contributed by atoms with E-state index in [0.717, 1.165) is 18.2 Å². The average molecular weight is 270 g/mol. The minimum absolute atomic E-state index is 0.0616. The van der Waals surface area contributed by atoms with Crippen LogP contribution in [0.3, 0.4) is 0 Å². The van der Waals surface area contributed by atoms with Gasteiger partial charge in [0.25, 0.3) is 5.91 Å². The summed E-state index contributed by atoms with van der Waals surface area (Å²) in [4.78, 5) is 23.1. The smallest absolute Gasteiger partial charge is 0.252 e. The van der Waals surface area contributed by atoms with Crippen LogP contribution < -0.4 is 11.1 Å². The molecule has 4 nitrogen and oxygen atoms in total. The number of carbonyl (C=O) groups is 2. The molecular formula is C13H16F2N2O2. The van der Waals surface area contributed by atoms with Crippen molar-refractivity contribution >= 4 is 11.8 Å². The number of hydrogen-bond acceptors (Lipinski definition) is 2. The molecule has 0 aliphatic carbocycles. The first-order valence-corrected chi connectivity index (χ1v) is 5.92. The van der Waals surface area contributed by atoms with E-state index in [1.807, 2.05) is 6.92 Å². The lowest BCUT2D eigenvalue weighted by molar-refractivity contribution is -0.120. The van der Waals surface area contributed by atoms with E-state index in [1.54, 1.807) is 6.92 Å². The van der Waals surface area contributed by atoms with Crippen molar-refractivity contribution in [2.75, 3.05) is 0 Å². The zero-order chi connectivity index (χ0) is 14.6. The van der Waals surface area contributed by atoms with E-state index in [2.05, 4.69) is 5.32 Å². The molecule has 0 saturated heterocycles. The molecule has 0 aromatic heterocycles. The lowest BCUT2D eigenvalue weighted by Crippen LogP contribution is -2.48. The fourth-order valence-electron chi connectivity index (χ4n) is 1.59. The molecule has 0 saturated carbocycles. The first-order valence-electron chi connectivity index (χ1n) is 5.92. The molecule has 1 rings (SSSR count). The number of hydrogen-bond donors (Lipinski definition) is 2. The number of benzene rings is 1. The van der Waals surface area contributed by atoms with Crippen LogP contribution in [0.4, 0.5) is 8.78 Å². The number of carbonyl (C=O) groups excluding carboxylic acids is 2. The van der Waals surface area contributed by atoms with Crippen molar-refractivity contribution in [2.24, 2.45) is 11.7 Å². The normalized spacial score (nSPS) is 13.7. The maximum Gasteiger partial charge on any atom is 0.252 e. The van der Waals surface area contributed by atoms with Gasteiger partial charge < -0.3 is 11.1 Å².